The SMILES string of the molecule is CCc1cnc(CSc2cnc(N)s2)o1. The normalized spacial score (nSPS) is 10.7. The van der Waals surface area contributed by atoms with Gasteiger partial charge in [-0.25, -0.2) is 9.97 Å². The summed E-state index contributed by atoms with van der Waals surface area (Å²) in [4.78, 5) is 8.15. The van der Waals surface area contributed by atoms with Gasteiger partial charge in [-0.15, -0.1) is 11.8 Å². The number of nitrogens with two attached hydrogens (primary N) is 1. The van der Waals surface area contributed by atoms with Gasteiger partial charge in [-0.2, -0.15) is 0 Å². The molecule has 2 aromatic heterocycles. The molecule has 0 spiro atoms. The molecule has 0 radical (unpaired) electrons. The van der Waals surface area contributed by atoms with Gasteiger partial charge < -0.3 is 10.2 Å². The Morgan fingerprint density at radius 3 is 2.93 bits per heavy atom. The number of aryl methyl sites for hydroxylation is 1. The molecule has 0 saturated heterocycles. The van der Waals surface area contributed by atoms with Crippen molar-refractivity contribution >= 4 is 28.2 Å². The standard InChI is InChI=1S/C9H11N3OS2/c1-2-6-3-11-7(13-6)5-14-8-4-12-9(10)15-8/h3-4H,2,5H2,1H3,(H2,10,12). The summed E-state index contributed by atoms with van der Waals surface area (Å²) in [5, 5.41) is 0.596. The average Bonchev–Trinajstić information content (AvgIpc) is 2.83. The van der Waals surface area contributed by atoms with Crippen molar-refractivity contribution in [1.82, 2.24) is 9.97 Å². The molecule has 0 unspecified atom stereocenters. The molecule has 2 heterocycles. The Morgan fingerprint density at radius 1 is 1.47 bits per heavy atom. The van der Waals surface area contributed by atoms with E-state index in [1.165, 1.54) is 11.3 Å². The summed E-state index contributed by atoms with van der Waals surface area (Å²) in [5.41, 5.74) is 5.53. The molecule has 15 heavy (non-hydrogen) atoms. The largest absolute Gasteiger partial charge is 0.445 e. The second-order valence-electron chi connectivity index (χ2n) is 2.88. The minimum absolute atomic E-state index is 0.596. The van der Waals surface area contributed by atoms with E-state index >= 15 is 0 Å². The number of nitrogen functional groups attached to an aromatic ring is 1. The maximum Gasteiger partial charge on any atom is 0.204 e. The summed E-state index contributed by atoms with van der Waals surface area (Å²) in [6.07, 6.45) is 4.43. The summed E-state index contributed by atoms with van der Waals surface area (Å²) >= 11 is 3.12. The highest BCUT2D eigenvalue weighted by Gasteiger charge is 2.05. The molecule has 80 valence electrons. The van der Waals surface area contributed by atoms with E-state index < -0.39 is 0 Å². The van der Waals surface area contributed by atoms with Crippen molar-refractivity contribution in [1.29, 1.82) is 0 Å². The number of thioether (sulfide) groups is 1. The first kappa shape index (κ1) is 10.5. The molecule has 0 aromatic carbocycles. The fourth-order valence-electron chi connectivity index (χ4n) is 1.05. The highest BCUT2D eigenvalue weighted by atomic mass is 32.2. The number of rotatable bonds is 4. The second kappa shape index (κ2) is 4.67. The first-order chi connectivity index (χ1) is 7.28. The van der Waals surface area contributed by atoms with Gasteiger partial charge in [-0.05, 0) is 0 Å². The number of anilines is 1. The van der Waals surface area contributed by atoms with Gasteiger partial charge in [0, 0.05) is 6.42 Å². The Morgan fingerprint density at radius 2 is 2.33 bits per heavy atom. The summed E-state index contributed by atoms with van der Waals surface area (Å²) < 4.78 is 6.57. The van der Waals surface area contributed by atoms with Crippen molar-refractivity contribution in [3.05, 3.63) is 24.0 Å². The predicted molar refractivity (Wildman–Crippen MR) is 62.0 cm³/mol. The molecule has 2 rings (SSSR count). The van der Waals surface area contributed by atoms with Crippen LogP contribution in [0.1, 0.15) is 18.6 Å². The van der Waals surface area contributed by atoms with Gasteiger partial charge in [0.2, 0.25) is 5.89 Å². The number of hydrogen-bond donors (Lipinski definition) is 1. The third-order valence-corrected chi connectivity index (χ3v) is 3.80. The summed E-state index contributed by atoms with van der Waals surface area (Å²) in [6.45, 7) is 2.04. The van der Waals surface area contributed by atoms with Crippen molar-refractivity contribution in [3.8, 4) is 0 Å². The van der Waals surface area contributed by atoms with Crippen LogP contribution in [0.3, 0.4) is 0 Å². The predicted octanol–water partition coefficient (Wildman–Crippen LogP) is 2.57. The number of thiazole rings is 1. The van der Waals surface area contributed by atoms with E-state index in [4.69, 9.17) is 10.2 Å². The molecular weight excluding hydrogens is 230 g/mol. The maximum absolute atomic E-state index is 5.53. The first-order valence-electron chi connectivity index (χ1n) is 4.55. The van der Waals surface area contributed by atoms with Crippen LogP contribution < -0.4 is 5.73 Å². The van der Waals surface area contributed by atoms with Crippen molar-refractivity contribution < 1.29 is 4.42 Å². The van der Waals surface area contributed by atoms with Crippen molar-refractivity contribution in [2.45, 2.75) is 23.3 Å². The second-order valence-corrected chi connectivity index (χ2v) is 5.22. The van der Waals surface area contributed by atoms with Gasteiger partial charge in [0.15, 0.2) is 5.13 Å². The smallest absolute Gasteiger partial charge is 0.204 e. The lowest BCUT2D eigenvalue weighted by molar-refractivity contribution is 0.476. The Balaban J connectivity index is 1.93. The van der Waals surface area contributed by atoms with Crippen LogP contribution in [0.2, 0.25) is 0 Å². The minimum Gasteiger partial charge on any atom is -0.445 e. The van der Waals surface area contributed by atoms with Gasteiger partial charge in [0.25, 0.3) is 0 Å². The zero-order chi connectivity index (χ0) is 10.7. The van der Waals surface area contributed by atoms with Gasteiger partial charge >= 0.3 is 0 Å². The van der Waals surface area contributed by atoms with E-state index in [1.807, 2.05) is 6.92 Å². The number of aromatic nitrogens is 2. The molecule has 2 aromatic rings. The third kappa shape index (κ3) is 2.73. The molecule has 0 saturated carbocycles. The van der Waals surface area contributed by atoms with E-state index in [9.17, 15) is 0 Å². The van der Waals surface area contributed by atoms with Gasteiger partial charge in [-0.3, -0.25) is 0 Å². The average molecular weight is 241 g/mol. The Hall–Kier alpha value is -1.01. The molecule has 2 N–H and O–H groups in total. The quantitative estimate of drug-likeness (QED) is 0.833. The van der Waals surface area contributed by atoms with Gasteiger partial charge in [0.1, 0.15) is 5.76 Å². The molecular formula is C9H11N3OS2. The van der Waals surface area contributed by atoms with Crippen LogP contribution in [0.4, 0.5) is 5.13 Å². The molecule has 6 heteroatoms. The number of nitrogens with zero attached hydrogens (tertiary/aromatic N) is 2. The molecule has 4 nitrogen and oxygen atoms in total. The Bertz CT molecular complexity index is 438. The summed E-state index contributed by atoms with van der Waals surface area (Å²) in [7, 11) is 0. The van der Waals surface area contributed by atoms with Crippen LogP contribution >= 0.6 is 23.1 Å². The fraction of sp³-hybridized carbons (Fsp3) is 0.333. The lowest BCUT2D eigenvalue weighted by Gasteiger charge is -1.92. The van der Waals surface area contributed by atoms with Crippen LogP contribution in [-0.4, -0.2) is 9.97 Å². The molecule has 0 aliphatic carbocycles. The van der Waals surface area contributed by atoms with E-state index in [0.717, 1.165) is 28.0 Å². The summed E-state index contributed by atoms with van der Waals surface area (Å²) in [5.74, 6) is 2.40. The lowest BCUT2D eigenvalue weighted by atomic mass is 10.4. The zero-order valence-electron chi connectivity index (χ0n) is 8.27. The van der Waals surface area contributed by atoms with Crippen molar-refractivity contribution in [2.24, 2.45) is 0 Å². The van der Waals surface area contributed by atoms with E-state index in [-0.39, 0.29) is 0 Å². The Kier molecular flexibility index (Phi) is 3.27. The topological polar surface area (TPSA) is 64.9 Å². The van der Waals surface area contributed by atoms with Crippen LogP contribution in [0.5, 0.6) is 0 Å². The first-order valence-corrected chi connectivity index (χ1v) is 6.36. The van der Waals surface area contributed by atoms with E-state index in [0.29, 0.717) is 5.13 Å². The molecule has 0 aliphatic rings. The molecule has 0 atom stereocenters. The number of hydrogen-bond acceptors (Lipinski definition) is 6. The van der Waals surface area contributed by atoms with Crippen molar-refractivity contribution in [2.75, 3.05) is 5.73 Å². The van der Waals surface area contributed by atoms with Gasteiger partial charge in [-0.1, -0.05) is 18.3 Å². The van der Waals surface area contributed by atoms with E-state index in [1.54, 1.807) is 24.2 Å². The summed E-state index contributed by atoms with van der Waals surface area (Å²) in [6, 6.07) is 0. The van der Waals surface area contributed by atoms with Crippen LogP contribution in [0.25, 0.3) is 0 Å². The van der Waals surface area contributed by atoms with Gasteiger partial charge in [0.05, 0.1) is 22.4 Å². The molecule has 0 bridgehead atoms. The fourth-order valence-corrected chi connectivity index (χ4v) is 2.66. The molecule has 0 aliphatic heterocycles. The number of oxazole rings is 1. The van der Waals surface area contributed by atoms with Crippen LogP contribution in [0, 0.1) is 0 Å². The zero-order valence-corrected chi connectivity index (χ0v) is 9.90. The monoisotopic (exact) mass is 241 g/mol. The Labute approximate surface area is 95.9 Å². The van der Waals surface area contributed by atoms with Crippen LogP contribution in [-0.2, 0) is 12.2 Å². The highest BCUT2D eigenvalue weighted by molar-refractivity contribution is 8.00. The molecule has 0 fully saturated rings. The minimum atomic E-state index is 0.596. The highest BCUT2D eigenvalue weighted by Crippen LogP contribution is 2.28. The molecule has 0 amide bonds. The maximum atomic E-state index is 5.53. The third-order valence-electron chi connectivity index (χ3n) is 1.79. The lowest BCUT2D eigenvalue weighted by Crippen LogP contribution is -1.77. The van der Waals surface area contributed by atoms with Crippen LogP contribution in [0.15, 0.2) is 21.0 Å². The van der Waals surface area contributed by atoms with E-state index in [2.05, 4.69) is 9.97 Å². The van der Waals surface area contributed by atoms with Crippen molar-refractivity contribution in [3.63, 3.8) is 0 Å².